The number of hydrogen-bond donors (Lipinski definition) is 1. The summed E-state index contributed by atoms with van der Waals surface area (Å²) < 4.78 is 24.7. The monoisotopic (exact) mass is 310 g/mol. The van der Waals surface area contributed by atoms with E-state index in [9.17, 15) is 23.7 Å². The molecule has 1 N–H and O–H groups in total. The zero-order chi connectivity index (χ0) is 13.2. The maximum absolute atomic E-state index is 12.4. The molecule has 1 heterocycles. The van der Waals surface area contributed by atoms with Gasteiger partial charge in [0.1, 0.15) is 0 Å². The van der Waals surface area contributed by atoms with Crippen molar-refractivity contribution in [1.82, 2.24) is 4.98 Å². The number of pyridine rings is 1. The van der Waals surface area contributed by atoms with E-state index in [1.165, 1.54) is 0 Å². The van der Waals surface area contributed by atoms with Crippen LogP contribution in [-0.4, -0.2) is 21.0 Å². The van der Waals surface area contributed by atoms with Crippen LogP contribution >= 0.6 is 15.9 Å². The molecule has 92 valence electrons. The van der Waals surface area contributed by atoms with E-state index in [2.05, 4.69) is 20.9 Å². The predicted molar refractivity (Wildman–Crippen MR) is 54.9 cm³/mol. The standard InChI is InChI=1S/C8H5BrF2N2O4/c9-4-1-3(2-5(14)15)8(13(16)17)12-6(4)7(10)11/h1,7H,2H2,(H,14,15). The lowest BCUT2D eigenvalue weighted by Crippen LogP contribution is -2.07. The third-order valence-corrected chi connectivity index (χ3v) is 2.42. The SMILES string of the molecule is O=C(O)Cc1cc(Br)c(C(F)F)nc1[N+](=O)[O-]. The molecule has 0 bridgehead atoms. The van der Waals surface area contributed by atoms with Gasteiger partial charge >= 0.3 is 18.2 Å². The van der Waals surface area contributed by atoms with Crippen LogP contribution in [0.1, 0.15) is 17.7 Å². The van der Waals surface area contributed by atoms with Crippen LogP contribution < -0.4 is 0 Å². The van der Waals surface area contributed by atoms with Crippen LogP contribution in [-0.2, 0) is 11.2 Å². The Bertz CT molecular complexity index is 481. The quantitative estimate of drug-likeness (QED) is 0.680. The predicted octanol–water partition coefficient (Wildman–Crippen LogP) is 2.32. The average Bonchev–Trinajstić information content (AvgIpc) is 2.15. The summed E-state index contributed by atoms with van der Waals surface area (Å²) >= 11 is 2.76. The minimum Gasteiger partial charge on any atom is -0.481 e. The smallest absolute Gasteiger partial charge is 0.367 e. The Labute approximate surface area is 102 Å². The second kappa shape index (κ2) is 5.13. The normalized spacial score (nSPS) is 10.6. The summed E-state index contributed by atoms with van der Waals surface area (Å²) in [5.74, 6) is -2.18. The first-order chi connectivity index (χ1) is 7.82. The van der Waals surface area contributed by atoms with E-state index < -0.39 is 35.3 Å². The first-order valence-electron chi connectivity index (χ1n) is 4.16. The third-order valence-electron chi connectivity index (χ3n) is 1.78. The van der Waals surface area contributed by atoms with E-state index >= 15 is 0 Å². The van der Waals surface area contributed by atoms with E-state index in [-0.39, 0.29) is 10.0 Å². The van der Waals surface area contributed by atoms with Crippen molar-refractivity contribution >= 4 is 27.7 Å². The number of aromatic nitrogens is 1. The summed E-state index contributed by atoms with van der Waals surface area (Å²) in [5, 5.41) is 19.1. The minimum absolute atomic E-state index is 0.158. The molecule has 6 nitrogen and oxygen atoms in total. The Kier molecular flexibility index (Phi) is 4.05. The molecule has 0 aromatic carbocycles. The molecule has 0 fully saturated rings. The van der Waals surface area contributed by atoms with Crippen molar-refractivity contribution in [2.24, 2.45) is 0 Å². The lowest BCUT2D eigenvalue weighted by molar-refractivity contribution is -0.390. The van der Waals surface area contributed by atoms with Crippen LogP contribution in [0.3, 0.4) is 0 Å². The summed E-state index contributed by atoms with van der Waals surface area (Å²) in [6.07, 6.45) is -3.65. The Balaban J connectivity index is 3.35. The van der Waals surface area contributed by atoms with Crippen LogP contribution in [0.5, 0.6) is 0 Å². The van der Waals surface area contributed by atoms with Gasteiger partial charge < -0.3 is 15.2 Å². The van der Waals surface area contributed by atoms with Gasteiger partial charge in [-0.25, -0.2) is 8.78 Å². The van der Waals surface area contributed by atoms with E-state index in [1.807, 2.05) is 0 Å². The summed E-state index contributed by atoms with van der Waals surface area (Å²) in [4.78, 5) is 23.2. The molecule has 1 aromatic rings. The molecule has 0 unspecified atom stereocenters. The number of carbonyl (C=O) groups is 1. The van der Waals surface area contributed by atoms with Crippen LogP contribution in [0.15, 0.2) is 10.5 Å². The highest BCUT2D eigenvalue weighted by atomic mass is 79.9. The molecule has 0 saturated heterocycles. The number of rotatable bonds is 4. The average molecular weight is 311 g/mol. The van der Waals surface area contributed by atoms with Crippen LogP contribution in [0.2, 0.25) is 0 Å². The lowest BCUT2D eigenvalue weighted by Gasteiger charge is -2.03. The molecular weight excluding hydrogens is 306 g/mol. The molecule has 0 saturated carbocycles. The number of aliphatic carboxylic acids is 1. The van der Waals surface area contributed by atoms with Gasteiger partial charge in [-0.3, -0.25) is 4.79 Å². The maximum Gasteiger partial charge on any atom is 0.367 e. The second-order valence-electron chi connectivity index (χ2n) is 2.97. The first-order valence-corrected chi connectivity index (χ1v) is 4.96. The van der Waals surface area contributed by atoms with Gasteiger partial charge in [0, 0.05) is 0 Å². The molecule has 0 atom stereocenters. The first kappa shape index (κ1) is 13.4. The number of alkyl halides is 2. The largest absolute Gasteiger partial charge is 0.481 e. The second-order valence-corrected chi connectivity index (χ2v) is 3.82. The van der Waals surface area contributed by atoms with Crippen molar-refractivity contribution in [3.8, 4) is 0 Å². The fraction of sp³-hybridized carbons (Fsp3) is 0.250. The van der Waals surface area contributed by atoms with E-state index in [0.29, 0.717) is 0 Å². The van der Waals surface area contributed by atoms with E-state index in [0.717, 1.165) is 6.07 Å². The minimum atomic E-state index is -2.98. The summed E-state index contributed by atoms with van der Waals surface area (Å²) in [5.41, 5.74) is -1.02. The van der Waals surface area contributed by atoms with Crippen molar-refractivity contribution in [3.63, 3.8) is 0 Å². The highest BCUT2D eigenvalue weighted by molar-refractivity contribution is 9.10. The highest BCUT2D eigenvalue weighted by Gasteiger charge is 2.27. The van der Waals surface area contributed by atoms with E-state index in [4.69, 9.17) is 5.11 Å². The number of halogens is 3. The van der Waals surface area contributed by atoms with Crippen molar-refractivity contribution < 1.29 is 23.6 Å². The molecule has 0 radical (unpaired) electrons. The molecular formula is C8H5BrF2N2O4. The van der Waals surface area contributed by atoms with Crippen LogP contribution in [0, 0.1) is 10.1 Å². The Morgan fingerprint density at radius 3 is 2.65 bits per heavy atom. The lowest BCUT2D eigenvalue weighted by atomic mass is 10.1. The highest BCUT2D eigenvalue weighted by Crippen LogP contribution is 2.30. The van der Waals surface area contributed by atoms with E-state index in [1.54, 1.807) is 0 Å². The van der Waals surface area contributed by atoms with Crippen LogP contribution in [0.4, 0.5) is 14.6 Å². The topological polar surface area (TPSA) is 93.3 Å². The van der Waals surface area contributed by atoms with Gasteiger partial charge in [-0.15, -0.1) is 0 Å². The van der Waals surface area contributed by atoms with Crippen molar-refractivity contribution in [2.45, 2.75) is 12.8 Å². The van der Waals surface area contributed by atoms with Crippen LogP contribution in [0.25, 0.3) is 0 Å². The Morgan fingerprint density at radius 2 is 2.24 bits per heavy atom. The van der Waals surface area contributed by atoms with Gasteiger partial charge in [0.15, 0.2) is 0 Å². The van der Waals surface area contributed by atoms with Gasteiger partial charge in [-0.05, 0) is 31.9 Å². The molecule has 9 heteroatoms. The molecule has 0 aliphatic heterocycles. The number of carboxylic acid groups (broad SMARTS) is 1. The van der Waals surface area contributed by atoms with Gasteiger partial charge in [-0.1, -0.05) is 0 Å². The fourth-order valence-corrected chi connectivity index (χ4v) is 1.67. The number of nitro groups is 1. The molecule has 0 aliphatic rings. The van der Waals surface area contributed by atoms with Crippen molar-refractivity contribution in [3.05, 3.63) is 31.9 Å². The van der Waals surface area contributed by atoms with Gasteiger partial charge in [0.2, 0.25) is 5.69 Å². The van der Waals surface area contributed by atoms with Crippen molar-refractivity contribution in [2.75, 3.05) is 0 Å². The Morgan fingerprint density at radius 1 is 1.65 bits per heavy atom. The molecule has 1 rings (SSSR count). The van der Waals surface area contributed by atoms with Gasteiger partial charge in [0.25, 0.3) is 0 Å². The molecule has 0 amide bonds. The van der Waals surface area contributed by atoms with Crippen molar-refractivity contribution in [1.29, 1.82) is 0 Å². The number of hydrogen-bond acceptors (Lipinski definition) is 4. The van der Waals surface area contributed by atoms with Gasteiger partial charge in [0.05, 0.1) is 16.5 Å². The Hall–Kier alpha value is -1.64. The number of carboxylic acids is 1. The molecule has 1 aromatic heterocycles. The summed E-state index contributed by atoms with van der Waals surface area (Å²) in [6, 6.07) is 0.973. The maximum atomic E-state index is 12.4. The molecule has 0 spiro atoms. The molecule has 17 heavy (non-hydrogen) atoms. The third kappa shape index (κ3) is 3.16. The number of nitrogens with zero attached hydrogens (tertiary/aromatic N) is 2. The molecule has 0 aliphatic carbocycles. The summed E-state index contributed by atoms with van der Waals surface area (Å²) in [6.45, 7) is 0. The van der Waals surface area contributed by atoms with Gasteiger partial charge in [-0.2, -0.15) is 0 Å². The zero-order valence-electron chi connectivity index (χ0n) is 8.06. The zero-order valence-corrected chi connectivity index (χ0v) is 9.65. The summed E-state index contributed by atoms with van der Waals surface area (Å²) in [7, 11) is 0. The fourth-order valence-electron chi connectivity index (χ4n) is 1.13.